The number of hydrogen-bond acceptors (Lipinski definition) is 5. The number of methoxy groups -OCH3 is 1. The van der Waals surface area contributed by atoms with E-state index < -0.39 is 24.4 Å². The van der Waals surface area contributed by atoms with E-state index in [2.05, 4.69) is 5.32 Å². The van der Waals surface area contributed by atoms with Gasteiger partial charge in [-0.1, -0.05) is 18.2 Å². The predicted octanol–water partition coefficient (Wildman–Crippen LogP) is 2.85. The minimum Gasteiger partial charge on any atom is -0.497 e. The summed E-state index contributed by atoms with van der Waals surface area (Å²) in [6.07, 6.45) is 0.0502. The highest BCUT2D eigenvalue weighted by Crippen LogP contribution is 2.28. The minimum absolute atomic E-state index is 0.0502. The van der Waals surface area contributed by atoms with Gasteiger partial charge in [0.1, 0.15) is 5.75 Å². The summed E-state index contributed by atoms with van der Waals surface area (Å²) in [5.41, 5.74) is 3.37. The average Bonchev–Trinajstić information content (AvgIpc) is 3.11. The number of anilines is 2. The molecule has 29 heavy (non-hydrogen) atoms. The minimum atomic E-state index is -0.609. The van der Waals surface area contributed by atoms with Gasteiger partial charge in [-0.05, 0) is 43.2 Å². The van der Waals surface area contributed by atoms with Crippen molar-refractivity contribution in [3.63, 3.8) is 0 Å². The van der Waals surface area contributed by atoms with Crippen LogP contribution in [0.2, 0.25) is 0 Å². The van der Waals surface area contributed by atoms with E-state index in [0.717, 1.165) is 11.1 Å². The van der Waals surface area contributed by atoms with Gasteiger partial charge in [-0.3, -0.25) is 14.4 Å². The molecule has 152 valence electrons. The van der Waals surface area contributed by atoms with Crippen molar-refractivity contribution in [2.45, 2.75) is 20.3 Å². The van der Waals surface area contributed by atoms with E-state index in [9.17, 15) is 14.4 Å². The third-order valence-corrected chi connectivity index (χ3v) is 5.05. The predicted molar refractivity (Wildman–Crippen MR) is 109 cm³/mol. The molecule has 1 heterocycles. The zero-order chi connectivity index (χ0) is 21.0. The van der Waals surface area contributed by atoms with Gasteiger partial charge >= 0.3 is 5.97 Å². The molecular weight excluding hydrogens is 372 g/mol. The molecule has 1 fully saturated rings. The molecule has 1 saturated heterocycles. The van der Waals surface area contributed by atoms with Gasteiger partial charge in [0.25, 0.3) is 5.91 Å². The average molecular weight is 396 g/mol. The van der Waals surface area contributed by atoms with Gasteiger partial charge in [-0.25, -0.2) is 0 Å². The molecule has 2 aromatic carbocycles. The highest BCUT2D eigenvalue weighted by molar-refractivity contribution is 6.00. The van der Waals surface area contributed by atoms with Crippen LogP contribution in [0.3, 0.4) is 0 Å². The molecule has 1 atom stereocenters. The summed E-state index contributed by atoms with van der Waals surface area (Å²) in [5, 5.41) is 2.75. The molecule has 0 bridgehead atoms. The Bertz CT molecular complexity index is 941. The lowest BCUT2D eigenvalue weighted by molar-refractivity contribution is -0.151. The molecule has 2 amide bonds. The third-order valence-electron chi connectivity index (χ3n) is 5.05. The maximum atomic E-state index is 12.4. The van der Waals surface area contributed by atoms with Crippen molar-refractivity contribution in [1.82, 2.24) is 0 Å². The first-order chi connectivity index (χ1) is 13.9. The Labute approximate surface area is 169 Å². The lowest BCUT2D eigenvalue weighted by Crippen LogP contribution is -2.28. The van der Waals surface area contributed by atoms with Gasteiger partial charge in [-0.15, -0.1) is 0 Å². The second kappa shape index (κ2) is 8.77. The van der Waals surface area contributed by atoms with E-state index in [4.69, 9.17) is 9.47 Å². The van der Waals surface area contributed by atoms with E-state index >= 15 is 0 Å². The summed E-state index contributed by atoms with van der Waals surface area (Å²) in [5.74, 6) is -1.12. The molecule has 2 aromatic rings. The van der Waals surface area contributed by atoms with Crippen LogP contribution in [0.5, 0.6) is 5.75 Å². The van der Waals surface area contributed by atoms with Gasteiger partial charge in [0.2, 0.25) is 5.91 Å². The van der Waals surface area contributed by atoms with Crippen molar-refractivity contribution in [2.24, 2.45) is 5.92 Å². The van der Waals surface area contributed by atoms with Gasteiger partial charge in [0.15, 0.2) is 6.61 Å². The largest absolute Gasteiger partial charge is 0.497 e. The van der Waals surface area contributed by atoms with Crippen LogP contribution in [-0.2, 0) is 19.1 Å². The molecule has 3 rings (SSSR count). The van der Waals surface area contributed by atoms with Crippen LogP contribution in [0, 0.1) is 19.8 Å². The number of nitrogens with zero attached hydrogens (tertiary/aromatic N) is 1. The number of hydrogen-bond donors (Lipinski definition) is 1. The molecule has 7 heteroatoms. The van der Waals surface area contributed by atoms with Crippen LogP contribution >= 0.6 is 0 Å². The molecule has 0 radical (unpaired) electrons. The number of nitrogens with one attached hydrogen (secondary N) is 1. The second-order valence-electron chi connectivity index (χ2n) is 7.01. The second-order valence-corrected chi connectivity index (χ2v) is 7.01. The van der Waals surface area contributed by atoms with Crippen molar-refractivity contribution in [2.75, 3.05) is 30.5 Å². The van der Waals surface area contributed by atoms with Crippen LogP contribution in [-0.4, -0.2) is 38.0 Å². The Morgan fingerprint density at radius 1 is 1.17 bits per heavy atom. The van der Waals surface area contributed by atoms with Crippen molar-refractivity contribution in [3.05, 3.63) is 53.6 Å². The fourth-order valence-electron chi connectivity index (χ4n) is 3.22. The molecular formula is C22H24N2O5. The smallest absolute Gasteiger partial charge is 0.311 e. The van der Waals surface area contributed by atoms with Crippen LogP contribution in [0.1, 0.15) is 17.5 Å². The van der Waals surface area contributed by atoms with Gasteiger partial charge in [0, 0.05) is 30.4 Å². The number of carbonyl (C=O) groups is 3. The molecule has 0 unspecified atom stereocenters. The summed E-state index contributed by atoms with van der Waals surface area (Å²) in [6.45, 7) is 3.68. The zero-order valence-electron chi connectivity index (χ0n) is 16.7. The summed E-state index contributed by atoms with van der Waals surface area (Å²) < 4.78 is 10.3. The van der Waals surface area contributed by atoms with E-state index in [1.165, 1.54) is 4.90 Å². The van der Waals surface area contributed by atoms with Crippen molar-refractivity contribution < 1.29 is 23.9 Å². The molecule has 7 nitrogen and oxygen atoms in total. The standard InChI is InChI=1S/C22H24N2O5/c1-14-6-4-9-19(15(14)2)23-20(25)13-29-22(27)16-10-21(26)24(12-16)17-7-5-8-18(11-17)28-3/h4-9,11,16H,10,12-13H2,1-3H3,(H,23,25)/t16-/m1/s1. The molecule has 0 aliphatic carbocycles. The molecule has 1 aliphatic heterocycles. The van der Waals surface area contributed by atoms with E-state index in [0.29, 0.717) is 17.1 Å². The number of ether oxygens (including phenoxy) is 2. The number of rotatable bonds is 6. The Morgan fingerprint density at radius 2 is 1.93 bits per heavy atom. The first-order valence-electron chi connectivity index (χ1n) is 9.36. The number of carbonyl (C=O) groups excluding carboxylic acids is 3. The quantitative estimate of drug-likeness (QED) is 0.759. The summed E-state index contributed by atoms with van der Waals surface area (Å²) in [4.78, 5) is 38.4. The maximum Gasteiger partial charge on any atom is 0.311 e. The zero-order valence-corrected chi connectivity index (χ0v) is 16.7. The number of amides is 2. The highest BCUT2D eigenvalue weighted by atomic mass is 16.5. The fraction of sp³-hybridized carbons (Fsp3) is 0.318. The molecule has 0 saturated carbocycles. The van der Waals surface area contributed by atoms with Gasteiger partial charge in [0.05, 0.1) is 13.0 Å². The summed E-state index contributed by atoms with van der Waals surface area (Å²) in [6, 6.07) is 12.7. The Kier molecular flexibility index (Phi) is 6.16. The lowest BCUT2D eigenvalue weighted by atomic mass is 10.1. The van der Waals surface area contributed by atoms with Crippen LogP contribution < -0.4 is 15.0 Å². The van der Waals surface area contributed by atoms with Gasteiger partial charge < -0.3 is 19.7 Å². The summed E-state index contributed by atoms with van der Waals surface area (Å²) in [7, 11) is 1.55. The van der Waals surface area contributed by atoms with Gasteiger partial charge in [-0.2, -0.15) is 0 Å². The number of aryl methyl sites for hydroxylation is 1. The Balaban J connectivity index is 1.55. The molecule has 0 aromatic heterocycles. The van der Waals surface area contributed by atoms with Crippen LogP contribution in [0.25, 0.3) is 0 Å². The number of esters is 1. The molecule has 1 N–H and O–H groups in total. The Hall–Kier alpha value is -3.35. The van der Waals surface area contributed by atoms with E-state index in [1.54, 1.807) is 37.4 Å². The lowest BCUT2D eigenvalue weighted by Gasteiger charge is -2.17. The third kappa shape index (κ3) is 4.74. The van der Waals surface area contributed by atoms with Crippen molar-refractivity contribution in [1.29, 1.82) is 0 Å². The Morgan fingerprint density at radius 3 is 2.69 bits per heavy atom. The van der Waals surface area contributed by atoms with E-state index in [-0.39, 0.29) is 18.9 Å². The van der Waals surface area contributed by atoms with Crippen molar-refractivity contribution in [3.8, 4) is 5.75 Å². The fourth-order valence-corrected chi connectivity index (χ4v) is 3.22. The monoisotopic (exact) mass is 396 g/mol. The number of benzene rings is 2. The first kappa shape index (κ1) is 20.4. The maximum absolute atomic E-state index is 12.4. The van der Waals surface area contributed by atoms with Crippen molar-refractivity contribution >= 4 is 29.2 Å². The SMILES string of the molecule is COc1cccc(N2C[C@H](C(=O)OCC(=O)Nc3cccc(C)c3C)CC2=O)c1. The van der Waals surface area contributed by atoms with E-state index in [1.807, 2.05) is 26.0 Å². The highest BCUT2D eigenvalue weighted by Gasteiger charge is 2.36. The van der Waals surface area contributed by atoms with Crippen LogP contribution in [0.4, 0.5) is 11.4 Å². The topological polar surface area (TPSA) is 84.9 Å². The summed E-state index contributed by atoms with van der Waals surface area (Å²) >= 11 is 0. The first-order valence-corrected chi connectivity index (χ1v) is 9.36. The normalized spacial score (nSPS) is 15.9. The molecule has 1 aliphatic rings. The van der Waals surface area contributed by atoms with Crippen LogP contribution in [0.15, 0.2) is 42.5 Å². The molecule has 0 spiro atoms.